The molecule has 118 valence electrons. The van der Waals surface area contributed by atoms with Crippen molar-refractivity contribution in [2.75, 3.05) is 19.7 Å². The number of unbranched alkanes of at least 4 members (excludes halogenated alkanes) is 1. The van der Waals surface area contributed by atoms with Crippen LogP contribution in [0.2, 0.25) is 0 Å². The van der Waals surface area contributed by atoms with Crippen LogP contribution in [0.25, 0.3) is 0 Å². The first kappa shape index (κ1) is 16.4. The second kappa shape index (κ2) is 9.85. The lowest BCUT2D eigenvalue weighted by molar-refractivity contribution is 0.300. The fraction of sp³-hybridized carbons (Fsp3) is 0.368. The summed E-state index contributed by atoms with van der Waals surface area (Å²) in [5, 5.41) is 3.36. The minimum atomic E-state index is 0.586. The number of ether oxygens (including phenoxy) is 2. The van der Waals surface area contributed by atoms with E-state index in [4.69, 9.17) is 9.47 Å². The summed E-state index contributed by atoms with van der Waals surface area (Å²) in [5.41, 5.74) is 1.17. The molecule has 0 aliphatic heterocycles. The Kier molecular flexibility index (Phi) is 7.33. The highest BCUT2D eigenvalue weighted by Crippen LogP contribution is 2.18. The molecule has 2 rings (SSSR count). The van der Waals surface area contributed by atoms with E-state index in [1.54, 1.807) is 0 Å². The SMILES string of the molecule is CCCCNCCOc1ccc(OCc2ccccc2)cc1. The van der Waals surface area contributed by atoms with Crippen LogP contribution in [0, 0.1) is 0 Å². The van der Waals surface area contributed by atoms with Crippen LogP contribution < -0.4 is 14.8 Å². The van der Waals surface area contributed by atoms with Gasteiger partial charge in [-0.2, -0.15) is 0 Å². The summed E-state index contributed by atoms with van der Waals surface area (Å²) >= 11 is 0. The van der Waals surface area contributed by atoms with E-state index >= 15 is 0 Å². The zero-order valence-corrected chi connectivity index (χ0v) is 13.3. The van der Waals surface area contributed by atoms with Gasteiger partial charge in [-0.1, -0.05) is 43.7 Å². The summed E-state index contributed by atoms with van der Waals surface area (Å²) in [4.78, 5) is 0. The molecule has 0 aromatic heterocycles. The molecule has 0 aliphatic carbocycles. The van der Waals surface area contributed by atoms with Gasteiger partial charge in [-0.05, 0) is 42.8 Å². The maximum atomic E-state index is 5.75. The predicted molar refractivity (Wildman–Crippen MR) is 90.5 cm³/mol. The van der Waals surface area contributed by atoms with Crippen LogP contribution in [0.1, 0.15) is 25.3 Å². The molecule has 0 spiro atoms. The lowest BCUT2D eigenvalue weighted by Crippen LogP contribution is -2.21. The number of hydrogen-bond donors (Lipinski definition) is 1. The number of hydrogen-bond acceptors (Lipinski definition) is 3. The molecule has 2 aromatic rings. The van der Waals surface area contributed by atoms with Crippen molar-refractivity contribution in [1.82, 2.24) is 5.32 Å². The Morgan fingerprint density at radius 2 is 1.50 bits per heavy atom. The van der Waals surface area contributed by atoms with Crippen molar-refractivity contribution in [1.29, 1.82) is 0 Å². The van der Waals surface area contributed by atoms with Crippen molar-refractivity contribution in [3.05, 3.63) is 60.2 Å². The third-order valence-electron chi connectivity index (χ3n) is 3.33. The summed E-state index contributed by atoms with van der Waals surface area (Å²) in [7, 11) is 0. The lowest BCUT2D eigenvalue weighted by Gasteiger charge is -2.09. The first-order valence-corrected chi connectivity index (χ1v) is 7.99. The van der Waals surface area contributed by atoms with Gasteiger partial charge in [0.1, 0.15) is 24.7 Å². The van der Waals surface area contributed by atoms with E-state index in [1.807, 2.05) is 42.5 Å². The summed E-state index contributed by atoms with van der Waals surface area (Å²) < 4.78 is 11.4. The van der Waals surface area contributed by atoms with Gasteiger partial charge in [0.25, 0.3) is 0 Å². The molecule has 1 N–H and O–H groups in total. The van der Waals surface area contributed by atoms with Gasteiger partial charge < -0.3 is 14.8 Å². The third-order valence-corrected chi connectivity index (χ3v) is 3.33. The fourth-order valence-electron chi connectivity index (χ4n) is 2.04. The van der Waals surface area contributed by atoms with E-state index in [0.717, 1.165) is 24.6 Å². The molecule has 0 aliphatic rings. The van der Waals surface area contributed by atoms with Gasteiger partial charge in [0.2, 0.25) is 0 Å². The molecule has 0 saturated carbocycles. The second-order valence-electron chi connectivity index (χ2n) is 5.20. The Bertz CT molecular complexity index is 511. The van der Waals surface area contributed by atoms with Gasteiger partial charge in [0.05, 0.1) is 0 Å². The van der Waals surface area contributed by atoms with E-state index in [9.17, 15) is 0 Å². The topological polar surface area (TPSA) is 30.5 Å². The van der Waals surface area contributed by atoms with Gasteiger partial charge >= 0.3 is 0 Å². The highest BCUT2D eigenvalue weighted by atomic mass is 16.5. The average molecular weight is 299 g/mol. The second-order valence-corrected chi connectivity index (χ2v) is 5.20. The van der Waals surface area contributed by atoms with E-state index < -0.39 is 0 Å². The largest absolute Gasteiger partial charge is 0.492 e. The van der Waals surface area contributed by atoms with Gasteiger partial charge in [-0.15, -0.1) is 0 Å². The Labute approximate surface area is 133 Å². The number of nitrogens with one attached hydrogen (secondary N) is 1. The van der Waals surface area contributed by atoms with E-state index in [1.165, 1.54) is 18.4 Å². The summed E-state index contributed by atoms with van der Waals surface area (Å²) in [6.07, 6.45) is 2.44. The van der Waals surface area contributed by atoms with Crippen LogP contribution in [0.15, 0.2) is 54.6 Å². The minimum absolute atomic E-state index is 0.586. The van der Waals surface area contributed by atoms with Crippen LogP contribution in [-0.2, 0) is 6.61 Å². The molecule has 0 atom stereocenters. The molecular formula is C19H25NO2. The first-order valence-electron chi connectivity index (χ1n) is 7.99. The Balaban J connectivity index is 1.67. The fourth-order valence-corrected chi connectivity index (χ4v) is 2.04. The molecule has 0 fully saturated rings. The van der Waals surface area contributed by atoms with Crippen molar-refractivity contribution in [2.24, 2.45) is 0 Å². The molecule has 0 amide bonds. The summed E-state index contributed by atoms with van der Waals surface area (Å²) in [6, 6.07) is 18.0. The summed E-state index contributed by atoms with van der Waals surface area (Å²) in [6.45, 7) is 5.41. The highest BCUT2D eigenvalue weighted by molar-refractivity contribution is 5.31. The smallest absolute Gasteiger partial charge is 0.120 e. The molecule has 3 nitrogen and oxygen atoms in total. The van der Waals surface area contributed by atoms with Gasteiger partial charge in [0, 0.05) is 6.54 Å². The number of benzene rings is 2. The number of rotatable bonds is 10. The molecule has 2 aromatic carbocycles. The maximum absolute atomic E-state index is 5.75. The van der Waals surface area contributed by atoms with Crippen LogP contribution in [0.4, 0.5) is 0 Å². The van der Waals surface area contributed by atoms with Crippen LogP contribution >= 0.6 is 0 Å². The Morgan fingerprint density at radius 3 is 2.18 bits per heavy atom. The van der Waals surface area contributed by atoms with Crippen molar-refractivity contribution in [2.45, 2.75) is 26.4 Å². The van der Waals surface area contributed by atoms with E-state index in [0.29, 0.717) is 13.2 Å². The van der Waals surface area contributed by atoms with Crippen LogP contribution in [-0.4, -0.2) is 19.7 Å². The van der Waals surface area contributed by atoms with E-state index in [2.05, 4.69) is 24.4 Å². The maximum Gasteiger partial charge on any atom is 0.120 e. The standard InChI is InChI=1S/C19H25NO2/c1-2-3-13-20-14-15-21-18-9-11-19(12-10-18)22-16-17-7-5-4-6-8-17/h4-12,20H,2-3,13-16H2,1H3. The van der Waals surface area contributed by atoms with Gasteiger partial charge in [-0.25, -0.2) is 0 Å². The Morgan fingerprint density at radius 1 is 0.818 bits per heavy atom. The third kappa shape index (κ3) is 6.19. The monoisotopic (exact) mass is 299 g/mol. The van der Waals surface area contributed by atoms with Crippen LogP contribution in [0.5, 0.6) is 11.5 Å². The van der Waals surface area contributed by atoms with Crippen molar-refractivity contribution >= 4 is 0 Å². The molecule has 0 radical (unpaired) electrons. The quantitative estimate of drug-likeness (QED) is 0.672. The van der Waals surface area contributed by atoms with Gasteiger partial charge in [-0.3, -0.25) is 0 Å². The molecule has 22 heavy (non-hydrogen) atoms. The van der Waals surface area contributed by atoms with Crippen molar-refractivity contribution in [3.8, 4) is 11.5 Å². The first-order chi connectivity index (χ1) is 10.9. The molecule has 0 unspecified atom stereocenters. The predicted octanol–water partition coefficient (Wildman–Crippen LogP) is 4.03. The molecule has 0 bridgehead atoms. The minimum Gasteiger partial charge on any atom is -0.492 e. The van der Waals surface area contributed by atoms with E-state index in [-0.39, 0.29) is 0 Å². The molecule has 3 heteroatoms. The zero-order chi connectivity index (χ0) is 15.5. The Hall–Kier alpha value is -2.00. The summed E-state index contributed by atoms with van der Waals surface area (Å²) in [5.74, 6) is 1.74. The van der Waals surface area contributed by atoms with Crippen molar-refractivity contribution < 1.29 is 9.47 Å². The normalized spacial score (nSPS) is 10.4. The van der Waals surface area contributed by atoms with Crippen molar-refractivity contribution in [3.63, 3.8) is 0 Å². The molecule has 0 saturated heterocycles. The average Bonchev–Trinajstić information content (AvgIpc) is 2.58. The molecular weight excluding hydrogens is 274 g/mol. The van der Waals surface area contributed by atoms with Crippen LogP contribution in [0.3, 0.4) is 0 Å². The lowest BCUT2D eigenvalue weighted by atomic mass is 10.2. The van der Waals surface area contributed by atoms with Gasteiger partial charge in [0.15, 0.2) is 0 Å². The highest BCUT2D eigenvalue weighted by Gasteiger charge is 1.98. The molecule has 0 heterocycles. The zero-order valence-electron chi connectivity index (χ0n) is 13.3.